The Balaban J connectivity index is 2.72. The van der Waals surface area contributed by atoms with Crippen molar-refractivity contribution < 1.29 is 19.4 Å². The van der Waals surface area contributed by atoms with E-state index in [1.807, 2.05) is 6.92 Å². The lowest BCUT2D eigenvalue weighted by Gasteiger charge is -2.24. The fourth-order valence-corrected chi connectivity index (χ4v) is 2.09. The number of methoxy groups -OCH3 is 1. The van der Waals surface area contributed by atoms with Gasteiger partial charge in [-0.3, -0.25) is 4.79 Å². The van der Waals surface area contributed by atoms with E-state index in [0.29, 0.717) is 19.4 Å². The lowest BCUT2D eigenvalue weighted by Crippen LogP contribution is -2.48. The van der Waals surface area contributed by atoms with Gasteiger partial charge in [-0.05, 0) is 6.42 Å². The van der Waals surface area contributed by atoms with E-state index in [0.717, 1.165) is 6.42 Å². The van der Waals surface area contributed by atoms with Gasteiger partial charge < -0.3 is 20.5 Å². The molecule has 98 valence electrons. The number of hydrogen-bond acceptors (Lipinski definition) is 4. The summed E-state index contributed by atoms with van der Waals surface area (Å²) in [5.41, 5.74) is 5.73. The van der Waals surface area contributed by atoms with Crippen LogP contribution in [0.1, 0.15) is 26.2 Å². The number of ether oxygens (including phenoxy) is 1. The molecule has 6 heteroatoms. The van der Waals surface area contributed by atoms with Crippen LogP contribution in [0.4, 0.5) is 0 Å². The summed E-state index contributed by atoms with van der Waals surface area (Å²) in [6.07, 6.45) is 1.48. The van der Waals surface area contributed by atoms with Gasteiger partial charge in [0.15, 0.2) is 0 Å². The van der Waals surface area contributed by atoms with E-state index < -0.39 is 18.1 Å². The summed E-state index contributed by atoms with van der Waals surface area (Å²) in [5, 5.41) is 9.07. The van der Waals surface area contributed by atoms with Gasteiger partial charge in [-0.2, -0.15) is 0 Å². The summed E-state index contributed by atoms with van der Waals surface area (Å²) in [5.74, 6) is -1.29. The second-order valence-corrected chi connectivity index (χ2v) is 4.33. The van der Waals surface area contributed by atoms with Gasteiger partial charge in [-0.1, -0.05) is 13.3 Å². The maximum atomic E-state index is 12.0. The van der Waals surface area contributed by atoms with E-state index in [4.69, 9.17) is 15.6 Å². The quantitative estimate of drug-likeness (QED) is 0.699. The van der Waals surface area contributed by atoms with Crippen LogP contribution in [0.25, 0.3) is 0 Å². The number of rotatable bonds is 5. The summed E-state index contributed by atoms with van der Waals surface area (Å²) < 4.78 is 5.11. The summed E-state index contributed by atoms with van der Waals surface area (Å²) in [4.78, 5) is 24.4. The van der Waals surface area contributed by atoms with Crippen molar-refractivity contribution in [2.45, 2.75) is 44.4 Å². The number of carboxylic acid groups (broad SMARTS) is 1. The molecular formula is C11H20N2O4. The maximum absolute atomic E-state index is 12.0. The fourth-order valence-electron chi connectivity index (χ4n) is 2.09. The number of likely N-dealkylation sites (tertiary alicyclic amines) is 1. The van der Waals surface area contributed by atoms with Crippen LogP contribution in [0, 0.1) is 0 Å². The molecule has 0 spiro atoms. The average Bonchev–Trinajstić information content (AvgIpc) is 2.72. The SMILES string of the molecule is CCCC(N)C(=O)N1CC(OC)CC1C(=O)O. The van der Waals surface area contributed by atoms with E-state index >= 15 is 0 Å². The Morgan fingerprint density at radius 2 is 2.24 bits per heavy atom. The number of carbonyl (C=O) groups excluding carboxylic acids is 1. The first kappa shape index (κ1) is 13.9. The Hall–Kier alpha value is -1.14. The Morgan fingerprint density at radius 3 is 2.71 bits per heavy atom. The van der Waals surface area contributed by atoms with Gasteiger partial charge in [-0.25, -0.2) is 4.79 Å². The zero-order chi connectivity index (χ0) is 13.0. The van der Waals surface area contributed by atoms with Gasteiger partial charge >= 0.3 is 5.97 Å². The number of aliphatic carboxylic acids is 1. The van der Waals surface area contributed by atoms with Crippen LogP contribution < -0.4 is 5.73 Å². The molecule has 3 N–H and O–H groups in total. The summed E-state index contributed by atoms with van der Waals surface area (Å²) in [6.45, 7) is 2.24. The summed E-state index contributed by atoms with van der Waals surface area (Å²) in [6, 6.07) is -1.42. The first-order chi connectivity index (χ1) is 8.01. The molecule has 1 saturated heterocycles. The highest BCUT2D eigenvalue weighted by molar-refractivity contribution is 5.87. The molecule has 0 radical (unpaired) electrons. The van der Waals surface area contributed by atoms with E-state index in [9.17, 15) is 9.59 Å². The van der Waals surface area contributed by atoms with Crippen LogP contribution in [-0.2, 0) is 14.3 Å². The standard InChI is InChI=1S/C11H20N2O4/c1-3-4-8(12)10(14)13-6-7(17-2)5-9(13)11(15)16/h7-9H,3-6,12H2,1-2H3,(H,15,16). The van der Waals surface area contributed by atoms with Crippen LogP contribution in [0.15, 0.2) is 0 Å². The normalized spacial score (nSPS) is 25.9. The largest absolute Gasteiger partial charge is 0.480 e. The molecule has 1 heterocycles. The monoisotopic (exact) mass is 244 g/mol. The van der Waals surface area contributed by atoms with Gasteiger partial charge in [0, 0.05) is 20.1 Å². The minimum atomic E-state index is -0.999. The molecule has 0 aromatic carbocycles. The van der Waals surface area contributed by atoms with Crippen LogP contribution in [0.2, 0.25) is 0 Å². The number of carboxylic acids is 1. The molecule has 1 rings (SSSR count). The topological polar surface area (TPSA) is 92.9 Å². The lowest BCUT2D eigenvalue weighted by molar-refractivity contribution is -0.148. The van der Waals surface area contributed by atoms with Gasteiger partial charge in [0.05, 0.1) is 12.1 Å². The minimum absolute atomic E-state index is 0.214. The van der Waals surface area contributed by atoms with Crippen LogP contribution in [0.3, 0.4) is 0 Å². The third-order valence-electron chi connectivity index (χ3n) is 3.08. The highest BCUT2D eigenvalue weighted by Crippen LogP contribution is 2.21. The zero-order valence-corrected chi connectivity index (χ0v) is 10.3. The number of hydrogen-bond donors (Lipinski definition) is 2. The van der Waals surface area contributed by atoms with Crippen molar-refractivity contribution in [2.24, 2.45) is 5.73 Å². The molecule has 3 atom stereocenters. The number of nitrogens with two attached hydrogens (primary N) is 1. The third-order valence-corrected chi connectivity index (χ3v) is 3.08. The molecule has 0 aliphatic carbocycles. The molecule has 0 aromatic rings. The van der Waals surface area contributed by atoms with Gasteiger partial charge in [0.1, 0.15) is 6.04 Å². The van der Waals surface area contributed by atoms with Gasteiger partial charge in [0.2, 0.25) is 5.91 Å². The predicted octanol–water partition coefficient (Wildman–Crippen LogP) is -0.186. The molecule has 1 aliphatic heterocycles. The Morgan fingerprint density at radius 1 is 1.59 bits per heavy atom. The smallest absolute Gasteiger partial charge is 0.326 e. The van der Waals surface area contributed by atoms with Crippen molar-refractivity contribution in [3.63, 3.8) is 0 Å². The summed E-state index contributed by atoms with van der Waals surface area (Å²) in [7, 11) is 1.52. The highest BCUT2D eigenvalue weighted by Gasteiger charge is 2.40. The molecular weight excluding hydrogens is 224 g/mol. The van der Waals surface area contributed by atoms with E-state index in [2.05, 4.69) is 0 Å². The molecule has 1 aliphatic rings. The average molecular weight is 244 g/mol. The van der Waals surface area contributed by atoms with E-state index in [1.165, 1.54) is 12.0 Å². The number of amides is 1. The first-order valence-electron chi connectivity index (χ1n) is 5.82. The Bertz CT molecular complexity index is 295. The molecule has 0 aromatic heterocycles. The first-order valence-corrected chi connectivity index (χ1v) is 5.82. The second kappa shape index (κ2) is 5.97. The molecule has 3 unspecified atom stereocenters. The Kier molecular flexibility index (Phi) is 4.89. The molecule has 1 fully saturated rings. The van der Waals surface area contributed by atoms with Crippen molar-refractivity contribution in [2.75, 3.05) is 13.7 Å². The van der Waals surface area contributed by atoms with Gasteiger partial charge in [0.25, 0.3) is 0 Å². The van der Waals surface area contributed by atoms with Crippen LogP contribution >= 0.6 is 0 Å². The van der Waals surface area contributed by atoms with Gasteiger partial charge in [-0.15, -0.1) is 0 Å². The molecule has 17 heavy (non-hydrogen) atoms. The molecule has 0 bridgehead atoms. The van der Waals surface area contributed by atoms with Crippen molar-refractivity contribution in [1.82, 2.24) is 4.90 Å². The van der Waals surface area contributed by atoms with Crippen LogP contribution in [-0.4, -0.2) is 53.7 Å². The molecule has 6 nitrogen and oxygen atoms in total. The Labute approximate surface area is 101 Å². The fraction of sp³-hybridized carbons (Fsp3) is 0.818. The third kappa shape index (κ3) is 3.17. The highest BCUT2D eigenvalue weighted by atomic mass is 16.5. The predicted molar refractivity (Wildman–Crippen MR) is 61.4 cm³/mol. The van der Waals surface area contributed by atoms with Crippen LogP contribution in [0.5, 0.6) is 0 Å². The number of carbonyl (C=O) groups is 2. The van der Waals surface area contributed by atoms with Crippen molar-refractivity contribution in [3.05, 3.63) is 0 Å². The van der Waals surface area contributed by atoms with E-state index in [-0.39, 0.29) is 12.0 Å². The second-order valence-electron chi connectivity index (χ2n) is 4.33. The molecule has 1 amide bonds. The number of nitrogens with zero attached hydrogens (tertiary/aromatic N) is 1. The van der Waals surface area contributed by atoms with Crippen molar-refractivity contribution in [3.8, 4) is 0 Å². The van der Waals surface area contributed by atoms with E-state index in [1.54, 1.807) is 0 Å². The minimum Gasteiger partial charge on any atom is -0.480 e. The maximum Gasteiger partial charge on any atom is 0.326 e. The zero-order valence-electron chi connectivity index (χ0n) is 10.3. The molecule has 0 saturated carbocycles. The summed E-state index contributed by atoms with van der Waals surface area (Å²) >= 11 is 0. The van der Waals surface area contributed by atoms with Crippen molar-refractivity contribution >= 4 is 11.9 Å². The lowest BCUT2D eigenvalue weighted by atomic mass is 10.1. The van der Waals surface area contributed by atoms with Crippen molar-refractivity contribution in [1.29, 1.82) is 0 Å².